The topological polar surface area (TPSA) is 49.6 Å². The van der Waals surface area contributed by atoms with Crippen LogP contribution in [0.5, 0.6) is 0 Å². The summed E-state index contributed by atoms with van der Waals surface area (Å²) < 4.78 is 1.88. The highest BCUT2D eigenvalue weighted by Crippen LogP contribution is 2.44. The Bertz CT molecular complexity index is 953. The van der Waals surface area contributed by atoms with Crippen LogP contribution in [0.4, 0.5) is 5.69 Å². The molecule has 5 heteroatoms. The number of hydrogen-bond donors (Lipinski definition) is 1. The lowest BCUT2D eigenvalue weighted by atomic mass is 9.73. The minimum absolute atomic E-state index is 0.175. The molecule has 1 spiro atoms. The molecule has 4 heterocycles. The van der Waals surface area contributed by atoms with Crippen molar-refractivity contribution in [2.24, 2.45) is 0 Å². The van der Waals surface area contributed by atoms with E-state index in [4.69, 9.17) is 0 Å². The van der Waals surface area contributed by atoms with Crippen LogP contribution < -0.4 is 5.32 Å². The first-order chi connectivity index (χ1) is 12.2. The monoisotopic (exact) mass is 332 g/mol. The van der Waals surface area contributed by atoms with Crippen LogP contribution in [-0.2, 0) is 16.8 Å². The number of carbonyl (C=O) groups is 1. The van der Waals surface area contributed by atoms with E-state index < -0.39 is 0 Å². The largest absolute Gasteiger partial charge is 0.325 e. The zero-order valence-electron chi connectivity index (χ0n) is 14.0. The Morgan fingerprint density at radius 3 is 2.84 bits per heavy atom. The lowest BCUT2D eigenvalue weighted by Gasteiger charge is -2.38. The number of piperidine rings is 1. The van der Waals surface area contributed by atoms with Gasteiger partial charge in [0.15, 0.2) is 0 Å². The maximum atomic E-state index is 12.7. The van der Waals surface area contributed by atoms with Crippen LogP contribution in [0.3, 0.4) is 0 Å². The maximum Gasteiger partial charge on any atom is 0.235 e. The zero-order chi connectivity index (χ0) is 16.9. The van der Waals surface area contributed by atoms with Gasteiger partial charge in [-0.3, -0.25) is 9.69 Å². The smallest absolute Gasteiger partial charge is 0.235 e. The quantitative estimate of drug-likeness (QED) is 0.785. The number of hydrogen-bond acceptors (Lipinski definition) is 3. The van der Waals surface area contributed by atoms with Gasteiger partial charge in [-0.15, -0.1) is 0 Å². The Morgan fingerprint density at radius 2 is 1.96 bits per heavy atom. The molecule has 1 saturated heterocycles. The fraction of sp³-hybridized carbons (Fsp3) is 0.300. The number of pyridine rings is 1. The molecule has 126 valence electrons. The Hall–Kier alpha value is -2.66. The number of benzene rings is 1. The minimum atomic E-state index is -0.331. The van der Waals surface area contributed by atoms with E-state index in [1.165, 1.54) is 11.1 Å². The number of para-hydroxylation sites is 1. The number of fused-ring (bicyclic) bond motifs is 3. The van der Waals surface area contributed by atoms with E-state index in [9.17, 15) is 4.79 Å². The molecular formula is C20H20N4O. The second-order valence-electron chi connectivity index (χ2n) is 7.09. The van der Waals surface area contributed by atoms with Crippen molar-refractivity contribution in [1.29, 1.82) is 0 Å². The lowest BCUT2D eigenvalue weighted by molar-refractivity contribution is -0.122. The van der Waals surface area contributed by atoms with E-state index in [-0.39, 0.29) is 11.3 Å². The molecule has 2 aliphatic rings. The summed E-state index contributed by atoms with van der Waals surface area (Å²) in [4.78, 5) is 15.1. The maximum absolute atomic E-state index is 12.7. The third-order valence-electron chi connectivity index (χ3n) is 5.71. The molecular weight excluding hydrogens is 312 g/mol. The second kappa shape index (κ2) is 5.43. The van der Waals surface area contributed by atoms with Gasteiger partial charge in [0.1, 0.15) is 0 Å². The molecule has 0 atom stereocenters. The molecule has 0 saturated carbocycles. The highest BCUT2D eigenvalue weighted by molar-refractivity contribution is 6.06. The van der Waals surface area contributed by atoms with Crippen molar-refractivity contribution in [3.8, 4) is 0 Å². The summed E-state index contributed by atoms with van der Waals surface area (Å²) in [5.41, 5.74) is 4.26. The van der Waals surface area contributed by atoms with Crippen LogP contribution in [-0.4, -0.2) is 33.5 Å². The third kappa shape index (κ3) is 2.27. The van der Waals surface area contributed by atoms with Gasteiger partial charge in [0.2, 0.25) is 5.91 Å². The van der Waals surface area contributed by atoms with Crippen LogP contribution in [0.15, 0.2) is 54.9 Å². The van der Waals surface area contributed by atoms with Crippen molar-refractivity contribution < 1.29 is 4.79 Å². The van der Waals surface area contributed by atoms with Crippen molar-refractivity contribution in [2.45, 2.75) is 24.8 Å². The number of amides is 1. The predicted octanol–water partition coefficient (Wildman–Crippen LogP) is 2.82. The molecule has 1 amide bonds. The van der Waals surface area contributed by atoms with Crippen molar-refractivity contribution >= 4 is 17.1 Å². The fourth-order valence-electron chi connectivity index (χ4n) is 4.29. The molecule has 0 radical (unpaired) electrons. The fourth-order valence-corrected chi connectivity index (χ4v) is 4.29. The van der Waals surface area contributed by atoms with E-state index in [1.54, 1.807) is 0 Å². The van der Waals surface area contributed by atoms with Gasteiger partial charge in [-0.2, -0.15) is 5.10 Å². The first-order valence-corrected chi connectivity index (χ1v) is 8.80. The van der Waals surface area contributed by atoms with Crippen LogP contribution in [0, 0.1) is 0 Å². The van der Waals surface area contributed by atoms with Gasteiger partial charge in [-0.1, -0.05) is 18.2 Å². The number of anilines is 1. The number of nitrogens with one attached hydrogen (secondary N) is 1. The van der Waals surface area contributed by atoms with Gasteiger partial charge < -0.3 is 5.32 Å². The summed E-state index contributed by atoms with van der Waals surface area (Å²) >= 11 is 0. The molecule has 1 aromatic carbocycles. The number of rotatable bonds is 2. The summed E-state index contributed by atoms with van der Waals surface area (Å²) in [5.74, 6) is 0.175. The SMILES string of the molecule is O=C1Nc2ccccc2C12CCN(Cc1ccn3nccc3c1)CC2. The number of nitrogens with zero attached hydrogens (tertiary/aromatic N) is 3. The summed E-state index contributed by atoms with van der Waals surface area (Å²) in [7, 11) is 0. The summed E-state index contributed by atoms with van der Waals surface area (Å²) in [6, 6.07) is 14.5. The van der Waals surface area contributed by atoms with Gasteiger partial charge in [0.25, 0.3) is 0 Å². The van der Waals surface area contributed by atoms with E-state index in [2.05, 4.69) is 33.5 Å². The number of likely N-dealkylation sites (tertiary alicyclic amines) is 1. The van der Waals surface area contributed by atoms with E-state index >= 15 is 0 Å². The summed E-state index contributed by atoms with van der Waals surface area (Å²) in [6.07, 6.45) is 5.59. The minimum Gasteiger partial charge on any atom is -0.325 e. The van der Waals surface area contributed by atoms with Crippen molar-refractivity contribution in [3.05, 3.63) is 66.0 Å². The standard InChI is InChI=1S/C20H20N4O/c25-19-20(17-3-1-2-4-18(17)22-19)7-11-23(12-8-20)14-15-6-10-24-16(13-15)5-9-21-24/h1-6,9-10,13H,7-8,11-12,14H2,(H,22,25). The van der Waals surface area contributed by atoms with Gasteiger partial charge in [-0.25, -0.2) is 4.52 Å². The molecule has 2 aliphatic heterocycles. The van der Waals surface area contributed by atoms with Crippen LogP contribution in [0.2, 0.25) is 0 Å². The Balaban J connectivity index is 1.34. The molecule has 3 aromatic rings. The van der Waals surface area contributed by atoms with Crippen molar-refractivity contribution in [1.82, 2.24) is 14.5 Å². The molecule has 1 fully saturated rings. The summed E-state index contributed by atoms with van der Waals surface area (Å²) in [5, 5.41) is 7.32. The molecule has 0 aliphatic carbocycles. The highest BCUT2D eigenvalue weighted by Gasteiger charge is 2.48. The van der Waals surface area contributed by atoms with E-state index in [0.29, 0.717) is 0 Å². The predicted molar refractivity (Wildman–Crippen MR) is 96.5 cm³/mol. The number of aromatic nitrogens is 2. The highest BCUT2D eigenvalue weighted by atomic mass is 16.2. The molecule has 25 heavy (non-hydrogen) atoms. The van der Waals surface area contributed by atoms with Crippen LogP contribution >= 0.6 is 0 Å². The van der Waals surface area contributed by atoms with E-state index in [0.717, 1.165) is 43.7 Å². The van der Waals surface area contributed by atoms with Gasteiger partial charge >= 0.3 is 0 Å². The van der Waals surface area contributed by atoms with Crippen LogP contribution in [0.1, 0.15) is 24.0 Å². The third-order valence-corrected chi connectivity index (χ3v) is 5.71. The van der Waals surface area contributed by atoms with Crippen molar-refractivity contribution in [3.63, 3.8) is 0 Å². The number of carbonyl (C=O) groups excluding carboxylic acids is 1. The summed E-state index contributed by atoms with van der Waals surface area (Å²) in [6.45, 7) is 2.79. The first kappa shape index (κ1) is 14.7. The normalized spacial score (nSPS) is 19.3. The molecule has 0 unspecified atom stereocenters. The van der Waals surface area contributed by atoms with E-state index in [1.807, 2.05) is 41.2 Å². The van der Waals surface area contributed by atoms with Gasteiger partial charge in [-0.05, 0) is 61.3 Å². The average Bonchev–Trinajstić information content (AvgIpc) is 3.20. The van der Waals surface area contributed by atoms with Gasteiger partial charge in [0, 0.05) is 24.6 Å². The van der Waals surface area contributed by atoms with Crippen molar-refractivity contribution in [2.75, 3.05) is 18.4 Å². The molecule has 2 aromatic heterocycles. The zero-order valence-corrected chi connectivity index (χ0v) is 14.0. The Kier molecular flexibility index (Phi) is 3.18. The molecule has 0 bridgehead atoms. The first-order valence-electron chi connectivity index (χ1n) is 8.80. The Labute approximate surface area is 146 Å². The van der Waals surface area contributed by atoms with Gasteiger partial charge in [0.05, 0.1) is 10.9 Å². The Morgan fingerprint density at radius 1 is 1.12 bits per heavy atom. The molecule has 5 rings (SSSR count). The second-order valence-corrected chi connectivity index (χ2v) is 7.09. The lowest BCUT2D eigenvalue weighted by Crippen LogP contribution is -2.46. The van der Waals surface area contributed by atoms with Crippen LogP contribution in [0.25, 0.3) is 5.52 Å². The molecule has 1 N–H and O–H groups in total. The average molecular weight is 332 g/mol. The molecule has 5 nitrogen and oxygen atoms in total.